The zero-order valence-corrected chi connectivity index (χ0v) is 7.58. The summed E-state index contributed by atoms with van der Waals surface area (Å²) in [6, 6.07) is 0. The molecule has 0 aromatic heterocycles. The van der Waals surface area contributed by atoms with Gasteiger partial charge >= 0.3 is 0 Å². The van der Waals surface area contributed by atoms with Gasteiger partial charge in [-0.3, -0.25) is 0 Å². The van der Waals surface area contributed by atoms with Crippen LogP contribution in [0.15, 0.2) is 0 Å². The SMILES string of the molecule is CC(C)C(C)[C@@H]1COC[C@H]1O. The minimum Gasteiger partial charge on any atom is -0.390 e. The number of aliphatic hydroxyl groups is 1. The fraction of sp³-hybridized carbons (Fsp3) is 1.00. The Kier molecular flexibility index (Phi) is 2.90. The molecule has 1 fully saturated rings. The Morgan fingerprint density at radius 2 is 1.91 bits per heavy atom. The van der Waals surface area contributed by atoms with Crippen LogP contribution in [0, 0.1) is 17.8 Å². The van der Waals surface area contributed by atoms with Crippen LogP contribution >= 0.6 is 0 Å². The van der Waals surface area contributed by atoms with E-state index in [4.69, 9.17) is 4.74 Å². The van der Waals surface area contributed by atoms with Crippen molar-refractivity contribution in [1.29, 1.82) is 0 Å². The van der Waals surface area contributed by atoms with Gasteiger partial charge in [0.1, 0.15) is 0 Å². The Morgan fingerprint density at radius 1 is 1.27 bits per heavy atom. The van der Waals surface area contributed by atoms with Crippen LogP contribution in [-0.2, 0) is 4.74 Å². The first-order chi connectivity index (χ1) is 5.13. The van der Waals surface area contributed by atoms with Gasteiger partial charge in [-0.15, -0.1) is 0 Å². The molecule has 0 amide bonds. The van der Waals surface area contributed by atoms with Crippen LogP contribution in [0.3, 0.4) is 0 Å². The largest absolute Gasteiger partial charge is 0.390 e. The fourth-order valence-electron chi connectivity index (χ4n) is 1.56. The molecule has 0 aromatic rings. The molecule has 1 N–H and O–H groups in total. The summed E-state index contributed by atoms with van der Waals surface area (Å²) >= 11 is 0. The molecule has 66 valence electrons. The Bertz CT molecular complexity index is 123. The minimum absolute atomic E-state index is 0.229. The van der Waals surface area contributed by atoms with Crippen LogP contribution in [0.5, 0.6) is 0 Å². The lowest BCUT2D eigenvalue weighted by Gasteiger charge is -2.23. The van der Waals surface area contributed by atoms with Crippen molar-refractivity contribution in [2.24, 2.45) is 17.8 Å². The fourth-order valence-corrected chi connectivity index (χ4v) is 1.56. The predicted molar refractivity (Wildman–Crippen MR) is 44.3 cm³/mol. The van der Waals surface area contributed by atoms with Crippen molar-refractivity contribution in [2.75, 3.05) is 13.2 Å². The summed E-state index contributed by atoms with van der Waals surface area (Å²) < 4.78 is 5.19. The zero-order valence-electron chi connectivity index (χ0n) is 7.58. The molecule has 0 saturated carbocycles. The van der Waals surface area contributed by atoms with Gasteiger partial charge in [0.15, 0.2) is 0 Å². The monoisotopic (exact) mass is 158 g/mol. The maximum absolute atomic E-state index is 9.48. The van der Waals surface area contributed by atoms with E-state index in [-0.39, 0.29) is 6.10 Å². The zero-order chi connectivity index (χ0) is 8.43. The van der Waals surface area contributed by atoms with Gasteiger partial charge in [-0.2, -0.15) is 0 Å². The van der Waals surface area contributed by atoms with E-state index in [0.717, 1.165) is 6.61 Å². The van der Waals surface area contributed by atoms with E-state index in [0.29, 0.717) is 24.4 Å². The van der Waals surface area contributed by atoms with Crippen LogP contribution in [0.4, 0.5) is 0 Å². The Balaban J connectivity index is 2.45. The number of aliphatic hydroxyl groups excluding tert-OH is 1. The highest BCUT2D eigenvalue weighted by atomic mass is 16.5. The normalized spacial score (nSPS) is 34.6. The molecule has 11 heavy (non-hydrogen) atoms. The summed E-state index contributed by atoms with van der Waals surface area (Å²) in [4.78, 5) is 0. The molecule has 2 heteroatoms. The van der Waals surface area contributed by atoms with E-state index < -0.39 is 0 Å². The second kappa shape index (κ2) is 3.55. The molecule has 1 aliphatic heterocycles. The molecule has 3 atom stereocenters. The van der Waals surface area contributed by atoms with Crippen LogP contribution in [-0.4, -0.2) is 24.4 Å². The molecule has 0 bridgehead atoms. The van der Waals surface area contributed by atoms with Crippen molar-refractivity contribution in [3.8, 4) is 0 Å². The van der Waals surface area contributed by atoms with Crippen LogP contribution in [0.1, 0.15) is 20.8 Å². The average molecular weight is 158 g/mol. The molecule has 1 heterocycles. The van der Waals surface area contributed by atoms with Crippen LogP contribution in [0.2, 0.25) is 0 Å². The minimum atomic E-state index is -0.229. The Hall–Kier alpha value is -0.0800. The van der Waals surface area contributed by atoms with E-state index >= 15 is 0 Å². The molecule has 1 rings (SSSR count). The van der Waals surface area contributed by atoms with Crippen molar-refractivity contribution in [3.05, 3.63) is 0 Å². The summed E-state index contributed by atoms with van der Waals surface area (Å²) in [5, 5.41) is 9.48. The van der Waals surface area contributed by atoms with Gasteiger partial charge in [0.05, 0.1) is 19.3 Å². The van der Waals surface area contributed by atoms with Crippen LogP contribution in [0.25, 0.3) is 0 Å². The van der Waals surface area contributed by atoms with E-state index in [2.05, 4.69) is 20.8 Å². The summed E-state index contributed by atoms with van der Waals surface area (Å²) in [5.74, 6) is 1.55. The van der Waals surface area contributed by atoms with E-state index in [1.807, 2.05) is 0 Å². The Morgan fingerprint density at radius 3 is 2.27 bits per heavy atom. The second-order valence-corrected chi connectivity index (χ2v) is 3.87. The maximum Gasteiger partial charge on any atom is 0.0826 e. The number of rotatable bonds is 2. The van der Waals surface area contributed by atoms with Crippen molar-refractivity contribution < 1.29 is 9.84 Å². The standard InChI is InChI=1S/C9H18O2/c1-6(2)7(3)8-4-11-5-9(8)10/h6-10H,4-5H2,1-3H3/t7?,8-,9+/m0/s1. The molecule has 2 nitrogen and oxygen atoms in total. The molecule has 1 aliphatic rings. The average Bonchev–Trinajstić information content (AvgIpc) is 2.33. The highest BCUT2D eigenvalue weighted by Crippen LogP contribution is 2.27. The molecular formula is C9H18O2. The van der Waals surface area contributed by atoms with Crippen molar-refractivity contribution in [1.82, 2.24) is 0 Å². The number of ether oxygens (including phenoxy) is 1. The van der Waals surface area contributed by atoms with E-state index in [1.54, 1.807) is 0 Å². The third kappa shape index (κ3) is 1.94. The van der Waals surface area contributed by atoms with Gasteiger partial charge < -0.3 is 9.84 Å². The lowest BCUT2D eigenvalue weighted by Crippen LogP contribution is -2.27. The van der Waals surface area contributed by atoms with Gasteiger partial charge in [0.25, 0.3) is 0 Å². The van der Waals surface area contributed by atoms with Gasteiger partial charge in [0.2, 0.25) is 0 Å². The van der Waals surface area contributed by atoms with Gasteiger partial charge in [-0.1, -0.05) is 20.8 Å². The molecule has 1 unspecified atom stereocenters. The van der Waals surface area contributed by atoms with Gasteiger partial charge in [-0.05, 0) is 11.8 Å². The smallest absolute Gasteiger partial charge is 0.0826 e. The van der Waals surface area contributed by atoms with Crippen molar-refractivity contribution in [3.63, 3.8) is 0 Å². The lowest BCUT2D eigenvalue weighted by molar-refractivity contribution is 0.0972. The molecule has 1 saturated heterocycles. The molecule has 0 radical (unpaired) electrons. The molecule has 0 aliphatic carbocycles. The third-order valence-electron chi connectivity index (χ3n) is 2.82. The maximum atomic E-state index is 9.48. The van der Waals surface area contributed by atoms with Crippen molar-refractivity contribution >= 4 is 0 Å². The molecule has 0 aromatic carbocycles. The first-order valence-corrected chi connectivity index (χ1v) is 4.38. The summed E-state index contributed by atoms with van der Waals surface area (Å²) in [7, 11) is 0. The number of hydrogen-bond donors (Lipinski definition) is 1. The second-order valence-electron chi connectivity index (χ2n) is 3.87. The van der Waals surface area contributed by atoms with E-state index in [1.165, 1.54) is 0 Å². The molecule has 0 spiro atoms. The summed E-state index contributed by atoms with van der Waals surface area (Å²) in [5.41, 5.74) is 0. The lowest BCUT2D eigenvalue weighted by atomic mass is 9.83. The molecular weight excluding hydrogens is 140 g/mol. The van der Waals surface area contributed by atoms with Gasteiger partial charge in [0, 0.05) is 5.92 Å². The van der Waals surface area contributed by atoms with E-state index in [9.17, 15) is 5.11 Å². The van der Waals surface area contributed by atoms with Crippen molar-refractivity contribution in [2.45, 2.75) is 26.9 Å². The first kappa shape index (κ1) is 9.01. The predicted octanol–water partition coefficient (Wildman–Crippen LogP) is 1.29. The number of hydrogen-bond acceptors (Lipinski definition) is 2. The Labute approximate surface area is 68.6 Å². The van der Waals surface area contributed by atoms with Gasteiger partial charge in [-0.25, -0.2) is 0 Å². The topological polar surface area (TPSA) is 29.5 Å². The highest BCUT2D eigenvalue weighted by molar-refractivity contribution is 4.79. The quantitative estimate of drug-likeness (QED) is 0.656. The third-order valence-corrected chi connectivity index (χ3v) is 2.82. The summed E-state index contributed by atoms with van der Waals surface area (Å²) in [6.07, 6.45) is -0.229. The highest BCUT2D eigenvalue weighted by Gasteiger charge is 2.32. The summed E-state index contributed by atoms with van der Waals surface area (Å²) in [6.45, 7) is 7.83. The van der Waals surface area contributed by atoms with Crippen LogP contribution < -0.4 is 0 Å². The first-order valence-electron chi connectivity index (χ1n) is 4.38.